The van der Waals surface area contributed by atoms with E-state index in [9.17, 15) is 0 Å². The summed E-state index contributed by atoms with van der Waals surface area (Å²) < 4.78 is 0. The molecule has 9 heavy (non-hydrogen) atoms. The third-order valence-corrected chi connectivity index (χ3v) is 1.72. The van der Waals surface area contributed by atoms with Gasteiger partial charge in [-0.25, -0.2) is 0 Å². The molecule has 1 fully saturated rings. The predicted octanol–water partition coefficient (Wildman–Crippen LogP) is -0.831. The zero-order valence-electron chi connectivity index (χ0n) is 5.13. The fraction of sp³-hybridized carbons (Fsp3) is 0.800. The summed E-state index contributed by atoms with van der Waals surface area (Å²) in [5.74, 6) is 0. The molecule has 0 saturated carbocycles. The Labute approximate surface area is 59.7 Å². The first-order valence-electron chi connectivity index (χ1n) is 2.98. The number of nitrogens with zero attached hydrogens (tertiary/aromatic N) is 1. The van der Waals surface area contributed by atoms with Gasteiger partial charge in [0.2, 0.25) is 0 Å². The highest BCUT2D eigenvalue weighted by atomic mass is 32.1. The lowest BCUT2D eigenvalue weighted by atomic mass is 10.5. The van der Waals surface area contributed by atoms with Crippen LogP contribution in [0, 0.1) is 0 Å². The molecule has 0 amide bonds. The monoisotopic (exact) mass is 146 g/mol. The van der Waals surface area contributed by atoms with Gasteiger partial charge in [-0.2, -0.15) is 0 Å². The van der Waals surface area contributed by atoms with Gasteiger partial charge in [-0.3, -0.25) is 0 Å². The van der Waals surface area contributed by atoms with Crippen molar-refractivity contribution in [2.45, 2.75) is 0 Å². The summed E-state index contributed by atoms with van der Waals surface area (Å²) in [5.41, 5.74) is 0. The van der Waals surface area contributed by atoms with Gasteiger partial charge < -0.3 is 15.3 Å². The minimum Gasteiger partial charge on any atom is -0.395 e. The van der Waals surface area contributed by atoms with Gasteiger partial charge in [-0.05, 0) is 12.2 Å². The number of nitrogens with one attached hydrogen (secondary N) is 1. The first kappa shape index (κ1) is 6.77. The van der Waals surface area contributed by atoms with E-state index in [2.05, 4.69) is 5.32 Å². The maximum absolute atomic E-state index is 8.52. The van der Waals surface area contributed by atoms with E-state index in [1.54, 1.807) is 0 Å². The number of β-amino-alcohol motifs (C(OH)–C–C–N with tert-alkyl or cyclic N) is 1. The molecular weight excluding hydrogens is 136 g/mol. The van der Waals surface area contributed by atoms with Crippen molar-refractivity contribution in [1.29, 1.82) is 0 Å². The third kappa shape index (κ3) is 1.53. The first-order valence-corrected chi connectivity index (χ1v) is 3.39. The van der Waals surface area contributed by atoms with Crippen LogP contribution in [0.4, 0.5) is 0 Å². The van der Waals surface area contributed by atoms with E-state index < -0.39 is 0 Å². The van der Waals surface area contributed by atoms with Crippen LogP contribution in [0.5, 0.6) is 0 Å². The van der Waals surface area contributed by atoms with E-state index in [0.717, 1.165) is 18.2 Å². The molecule has 0 unspecified atom stereocenters. The standard InChI is InChI=1S/C5H10N2OS/c8-4-3-7-2-1-6-5(7)9/h8H,1-4H2,(H,6,9). The van der Waals surface area contributed by atoms with Crippen molar-refractivity contribution in [3.63, 3.8) is 0 Å². The second-order valence-corrected chi connectivity index (χ2v) is 2.33. The molecule has 0 bridgehead atoms. The van der Waals surface area contributed by atoms with Crippen LogP contribution in [0.3, 0.4) is 0 Å². The number of thiocarbonyl (C=S) groups is 1. The lowest BCUT2D eigenvalue weighted by molar-refractivity contribution is 0.258. The topological polar surface area (TPSA) is 35.5 Å². The summed E-state index contributed by atoms with van der Waals surface area (Å²) in [6.45, 7) is 2.69. The number of hydrogen-bond donors (Lipinski definition) is 2. The summed E-state index contributed by atoms with van der Waals surface area (Å²) in [4.78, 5) is 1.95. The van der Waals surface area contributed by atoms with Gasteiger partial charge in [0.15, 0.2) is 5.11 Å². The Balaban J connectivity index is 2.31. The van der Waals surface area contributed by atoms with E-state index in [-0.39, 0.29) is 6.61 Å². The molecular formula is C5H10N2OS. The molecule has 52 valence electrons. The molecule has 0 aromatic carbocycles. The fourth-order valence-electron chi connectivity index (χ4n) is 0.845. The molecule has 4 heteroatoms. The lowest BCUT2D eigenvalue weighted by Gasteiger charge is -2.13. The van der Waals surface area contributed by atoms with Crippen molar-refractivity contribution in [2.75, 3.05) is 26.2 Å². The van der Waals surface area contributed by atoms with E-state index in [1.165, 1.54) is 0 Å². The van der Waals surface area contributed by atoms with E-state index >= 15 is 0 Å². The Morgan fingerprint density at radius 2 is 2.56 bits per heavy atom. The maximum atomic E-state index is 8.52. The minimum absolute atomic E-state index is 0.182. The molecule has 1 saturated heterocycles. The smallest absolute Gasteiger partial charge is 0.169 e. The van der Waals surface area contributed by atoms with Crippen LogP contribution in [0.15, 0.2) is 0 Å². The van der Waals surface area contributed by atoms with Crippen LogP contribution in [-0.4, -0.2) is 41.4 Å². The normalized spacial score (nSPS) is 18.3. The fourth-order valence-corrected chi connectivity index (χ4v) is 1.13. The van der Waals surface area contributed by atoms with Crippen molar-refractivity contribution >= 4 is 17.3 Å². The number of aliphatic hydroxyl groups excluding tert-OH is 1. The van der Waals surface area contributed by atoms with Crippen molar-refractivity contribution in [1.82, 2.24) is 10.2 Å². The summed E-state index contributed by atoms with van der Waals surface area (Å²) >= 11 is 4.91. The van der Waals surface area contributed by atoms with Gasteiger partial charge in [0.1, 0.15) is 0 Å². The Morgan fingerprint density at radius 3 is 3.00 bits per heavy atom. The van der Waals surface area contributed by atoms with Gasteiger partial charge in [0.25, 0.3) is 0 Å². The van der Waals surface area contributed by atoms with Gasteiger partial charge in [0, 0.05) is 19.6 Å². The molecule has 0 aliphatic carbocycles. The third-order valence-electron chi connectivity index (χ3n) is 1.32. The van der Waals surface area contributed by atoms with Crippen LogP contribution < -0.4 is 5.32 Å². The Hall–Kier alpha value is -0.350. The Bertz CT molecular complexity index is 118. The van der Waals surface area contributed by atoms with Crippen molar-refractivity contribution in [3.8, 4) is 0 Å². The zero-order valence-corrected chi connectivity index (χ0v) is 5.95. The summed E-state index contributed by atoms with van der Waals surface area (Å²) in [6.07, 6.45) is 0. The van der Waals surface area contributed by atoms with Gasteiger partial charge >= 0.3 is 0 Å². The molecule has 2 N–H and O–H groups in total. The molecule has 1 rings (SSSR count). The highest BCUT2D eigenvalue weighted by molar-refractivity contribution is 7.80. The molecule has 0 spiro atoms. The van der Waals surface area contributed by atoms with Crippen LogP contribution in [0.25, 0.3) is 0 Å². The molecule has 3 nitrogen and oxygen atoms in total. The number of hydrogen-bond acceptors (Lipinski definition) is 2. The summed E-state index contributed by atoms with van der Waals surface area (Å²) in [5, 5.41) is 12.3. The SMILES string of the molecule is OCCN1CCNC1=S. The van der Waals surface area contributed by atoms with E-state index in [4.69, 9.17) is 17.3 Å². The highest BCUT2D eigenvalue weighted by Crippen LogP contribution is 1.94. The molecule has 1 aliphatic rings. The molecule has 0 radical (unpaired) electrons. The van der Waals surface area contributed by atoms with Crippen molar-refractivity contribution < 1.29 is 5.11 Å². The quantitative estimate of drug-likeness (QED) is 0.498. The Morgan fingerprint density at radius 1 is 1.78 bits per heavy atom. The van der Waals surface area contributed by atoms with Gasteiger partial charge in [-0.15, -0.1) is 0 Å². The van der Waals surface area contributed by atoms with E-state index in [0.29, 0.717) is 6.54 Å². The average Bonchev–Trinajstić information content (AvgIpc) is 2.18. The highest BCUT2D eigenvalue weighted by Gasteiger charge is 2.13. The van der Waals surface area contributed by atoms with Crippen LogP contribution >= 0.6 is 12.2 Å². The average molecular weight is 146 g/mol. The maximum Gasteiger partial charge on any atom is 0.169 e. The van der Waals surface area contributed by atoms with Gasteiger partial charge in [0.05, 0.1) is 6.61 Å². The molecule has 0 aromatic heterocycles. The largest absolute Gasteiger partial charge is 0.395 e. The van der Waals surface area contributed by atoms with Crippen molar-refractivity contribution in [3.05, 3.63) is 0 Å². The minimum atomic E-state index is 0.182. The Kier molecular flexibility index (Phi) is 2.24. The number of rotatable bonds is 2. The second-order valence-electron chi connectivity index (χ2n) is 1.94. The van der Waals surface area contributed by atoms with Crippen LogP contribution in [-0.2, 0) is 0 Å². The molecule has 0 atom stereocenters. The lowest BCUT2D eigenvalue weighted by Crippen LogP contribution is -2.30. The first-order chi connectivity index (χ1) is 4.34. The van der Waals surface area contributed by atoms with Crippen LogP contribution in [0.2, 0.25) is 0 Å². The second kappa shape index (κ2) is 2.98. The number of aliphatic hydroxyl groups is 1. The van der Waals surface area contributed by atoms with Gasteiger partial charge in [-0.1, -0.05) is 0 Å². The molecule has 0 aromatic rings. The summed E-state index contributed by atoms with van der Waals surface area (Å²) in [7, 11) is 0. The molecule has 1 aliphatic heterocycles. The summed E-state index contributed by atoms with van der Waals surface area (Å²) in [6, 6.07) is 0. The van der Waals surface area contributed by atoms with E-state index in [1.807, 2.05) is 4.90 Å². The van der Waals surface area contributed by atoms with Crippen molar-refractivity contribution in [2.24, 2.45) is 0 Å². The van der Waals surface area contributed by atoms with Crippen LogP contribution in [0.1, 0.15) is 0 Å². The molecule has 1 heterocycles. The zero-order chi connectivity index (χ0) is 6.69. The predicted molar refractivity (Wildman–Crippen MR) is 39.3 cm³/mol.